The maximum atomic E-state index is 14.3. The van der Waals surface area contributed by atoms with Crippen LogP contribution in [-0.4, -0.2) is 78.0 Å². The number of benzene rings is 4. The summed E-state index contributed by atoms with van der Waals surface area (Å²) < 4.78 is 16.8. The number of nitrogens with zero attached hydrogens (tertiary/aromatic N) is 4. The van der Waals surface area contributed by atoms with Crippen molar-refractivity contribution in [1.82, 2.24) is 25.4 Å². The van der Waals surface area contributed by atoms with Crippen LogP contribution in [0.15, 0.2) is 96.6 Å². The molecule has 0 aliphatic carbocycles. The molecule has 0 amide bonds. The second kappa shape index (κ2) is 17.1. The number of carbonyl (C=O) groups excluding carboxylic acids is 2. The molecule has 4 aromatic carbocycles. The van der Waals surface area contributed by atoms with E-state index < -0.39 is 12.1 Å². The van der Waals surface area contributed by atoms with Gasteiger partial charge in [0.25, 0.3) is 0 Å². The van der Waals surface area contributed by atoms with Crippen molar-refractivity contribution in [3.8, 4) is 23.0 Å². The molecule has 2 atom stereocenters. The average molecular weight is 813 g/mol. The maximum Gasteiger partial charge on any atom is 0.193 e. The molecule has 310 valence electrons. The van der Waals surface area contributed by atoms with Gasteiger partial charge in [0, 0.05) is 42.9 Å². The molecule has 0 fully saturated rings. The second-order valence-corrected chi connectivity index (χ2v) is 14.6. The molecule has 16 nitrogen and oxygen atoms in total. The lowest BCUT2D eigenvalue weighted by Gasteiger charge is -2.28. The summed E-state index contributed by atoms with van der Waals surface area (Å²) in [6.45, 7) is 0.881. The van der Waals surface area contributed by atoms with Crippen molar-refractivity contribution < 1.29 is 28.6 Å². The Balaban J connectivity index is 1.01. The Labute approximate surface area is 346 Å². The normalized spacial score (nSPS) is 16.9. The van der Waals surface area contributed by atoms with Crippen molar-refractivity contribution >= 4 is 56.2 Å². The van der Waals surface area contributed by atoms with Crippen molar-refractivity contribution in [3.63, 3.8) is 0 Å². The van der Waals surface area contributed by atoms with Crippen LogP contribution in [0.25, 0.3) is 33.2 Å². The number of aromatic nitrogens is 4. The number of hydrogen-bond donors (Lipinski definition) is 6. The third-order valence-corrected chi connectivity index (χ3v) is 10.9. The van der Waals surface area contributed by atoms with E-state index in [0.717, 1.165) is 34.9 Å². The molecule has 2 aliphatic rings. The first kappa shape index (κ1) is 39.8. The summed E-state index contributed by atoms with van der Waals surface area (Å²) in [5.74, 6) is 3.10. The molecule has 0 saturated heterocycles. The number of imidazole rings is 2. The molecule has 60 heavy (non-hydrogen) atoms. The molecule has 9 N–H and O–H groups in total. The lowest BCUT2D eigenvalue weighted by molar-refractivity contribution is -0.115. The highest BCUT2D eigenvalue weighted by molar-refractivity contribution is 6.28. The average Bonchev–Trinajstić information content (AvgIpc) is 4.00. The van der Waals surface area contributed by atoms with Crippen LogP contribution < -0.4 is 51.5 Å². The van der Waals surface area contributed by atoms with E-state index in [1.807, 2.05) is 76.5 Å². The minimum Gasteiger partial charge on any atom is -0.497 e. The number of unbranched alkanes of at least 4 members (excludes halogenated alkanes) is 1. The van der Waals surface area contributed by atoms with Crippen molar-refractivity contribution in [2.75, 3.05) is 44.2 Å². The zero-order chi connectivity index (χ0) is 41.9. The second-order valence-electron chi connectivity index (χ2n) is 14.6. The quantitative estimate of drug-likeness (QED) is 0.0519. The van der Waals surface area contributed by atoms with Gasteiger partial charge in [0.15, 0.2) is 17.3 Å². The number of aromatic amines is 2. The van der Waals surface area contributed by atoms with E-state index in [9.17, 15) is 9.59 Å². The first-order valence-corrected chi connectivity index (χ1v) is 19.8. The van der Waals surface area contributed by atoms with E-state index in [-0.39, 0.29) is 23.2 Å². The smallest absolute Gasteiger partial charge is 0.193 e. The number of anilines is 2. The number of H-pyrrole nitrogens is 2. The van der Waals surface area contributed by atoms with Crippen molar-refractivity contribution in [1.29, 1.82) is 0 Å². The molecule has 6 aromatic rings. The number of methoxy groups -OCH3 is 3. The van der Waals surface area contributed by atoms with Gasteiger partial charge in [0.2, 0.25) is 0 Å². The maximum absolute atomic E-state index is 14.3. The third-order valence-electron chi connectivity index (χ3n) is 10.9. The number of fused-ring (bicyclic) bond motifs is 2. The summed E-state index contributed by atoms with van der Waals surface area (Å²) in [6, 6.07) is 24.7. The summed E-state index contributed by atoms with van der Waals surface area (Å²) in [6.07, 6.45) is 2.95. The molecule has 2 aromatic heterocycles. The van der Waals surface area contributed by atoms with Gasteiger partial charge in [-0.05, 0) is 62.9 Å². The predicted molar refractivity (Wildman–Crippen MR) is 230 cm³/mol. The number of hydrogen-bond acceptors (Lipinski definition) is 14. The molecule has 4 heterocycles. The third kappa shape index (κ3) is 7.53. The van der Waals surface area contributed by atoms with E-state index in [1.54, 1.807) is 39.5 Å². The number of nitrogens with two attached hydrogens (primary N) is 3. The van der Waals surface area contributed by atoms with Gasteiger partial charge in [-0.3, -0.25) is 9.59 Å². The van der Waals surface area contributed by atoms with Crippen LogP contribution in [0.4, 0.5) is 11.4 Å². The van der Waals surface area contributed by atoms with Gasteiger partial charge < -0.3 is 56.0 Å². The zero-order valence-corrected chi connectivity index (χ0v) is 33.7. The zero-order valence-electron chi connectivity index (χ0n) is 33.7. The number of carbonyl (C=O) groups is 2. The predicted octanol–water partition coefficient (Wildman–Crippen LogP) is 5.13. The lowest BCUT2D eigenvalue weighted by Crippen LogP contribution is -2.37. The summed E-state index contributed by atoms with van der Waals surface area (Å²) in [4.78, 5) is 54.1. The van der Waals surface area contributed by atoms with Crippen LogP contribution in [0.2, 0.25) is 0 Å². The van der Waals surface area contributed by atoms with Crippen LogP contribution >= 0.6 is 0 Å². The highest BCUT2D eigenvalue weighted by atomic mass is 16.6. The Hall–Kier alpha value is -7.04. The summed E-state index contributed by atoms with van der Waals surface area (Å²) in [7, 11) is 4.70. The molecule has 0 bridgehead atoms. The van der Waals surface area contributed by atoms with Crippen LogP contribution in [-0.2, 0) is 9.59 Å². The first-order valence-electron chi connectivity index (χ1n) is 19.8. The van der Waals surface area contributed by atoms with E-state index >= 15 is 0 Å². The number of nitrogens with one attached hydrogen (secondary N) is 3. The number of ketones is 2. The van der Waals surface area contributed by atoms with Crippen LogP contribution in [0.1, 0.15) is 43.8 Å². The highest BCUT2D eigenvalue weighted by Gasteiger charge is 2.42. The van der Waals surface area contributed by atoms with Crippen molar-refractivity contribution in [2.24, 2.45) is 17.2 Å². The Bertz CT molecular complexity index is 2540. The molecule has 2 aliphatic heterocycles. The topological polar surface area (TPSA) is 225 Å². The van der Waals surface area contributed by atoms with Gasteiger partial charge in [-0.25, -0.2) is 9.97 Å². The van der Waals surface area contributed by atoms with Gasteiger partial charge in [-0.1, -0.05) is 24.3 Å². The molecule has 0 radical (unpaired) electrons. The van der Waals surface area contributed by atoms with Crippen molar-refractivity contribution in [2.45, 2.75) is 44.2 Å². The number of rotatable bonds is 17. The van der Waals surface area contributed by atoms with Gasteiger partial charge >= 0.3 is 0 Å². The molecule has 16 heteroatoms. The van der Waals surface area contributed by atoms with E-state index in [2.05, 4.69) is 15.4 Å². The van der Waals surface area contributed by atoms with Crippen LogP contribution in [0.3, 0.4) is 0 Å². The number of hydroxylamine groups is 1. The van der Waals surface area contributed by atoms with Gasteiger partial charge in [-0.2, -0.15) is 5.48 Å². The SMILES string of the molecule is COc1cc(ONCCCC2C(=O)C(c3nc4ccccc4[nH]3)=C(N)N2c2cc(OC)cc(OC)c2)cc(N2C(N)=C(c3nc4ccccc4[nH]3)C(=O)C2CCCCN)c1. The monoisotopic (exact) mass is 812 g/mol. The number of ether oxygens (including phenoxy) is 3. The Morgan fingerprint density at radius 1 is 0.633 bits per heavy atom. The minimum atomic E-state index is -0.658. The Morgan fingerprint density at radius 3 is 1.55 bits per heavy atom. The minimum absolute atomic E-state index is 0.131. The molecule has 8 rings (SSSR count). The lowest BCUT2D eigenvalue weighted by atomic mass is 10.0. The van der Waals surface area contributed by atoms with E-state index in [1.165, 1.54) is 0 Å². The van der Waals surface area contributed by atoms with Gasteiger partial charge in [0.1, 0.15) is 51.7 Å². The summed E-state index contributed by atoms with van der Waals surface area (Å²) in [5.41, 5.74) is 27.5. The van der Waals surface area contributed by atoms with Crippen LogP contribution in [0, 0.1) is 0 Å². The van der Waals surface area contributed by atoms with Gasteiger partial charge in [0.05, 0.1) is 66.9 Å². The molecule has 2 unspecified atom stereocenters. The number of Topliss-reactive ketones (excluding diaryl/α,β-unsaturated/α-hetero) is 2. The molecular weight excluding hydrogens is 765 g/mol. The first-order chi connectivity index (χ1) is 29.2. The molecular formula is C44H48N10O6. The largest absolute Gasteiger partial charge is 0.497 e. The Morgan fingerprint density at radius 2 is 1.08 bits per heavy atom. The number of para-hydroxylation sites is 4. The van der Waals surface area contributed by atoms with Gasteiger partial charge in [-0.15, -0.1) is 0 Å². The van der Waals surface area contributed by atoms with E-state index in [4.69, 9.17) is 46.2 Å². The van der Waals surface area contributed by atoms with E-state index in [0.29, 0.717) is 89.5 Å². The molecule has 0 saturated carbocycles. The fourth-order valence-corrected chi connectivity index (χ4v) is 7.96. The summed E-state index contributed by atoms with van der Waals surface area (Å²) >= 11 is 0. The molecule has 0 spiro atoms. The highest BCUT2D eigenvalue weighted by Crippen LogP contribution is 2.41. The van der Waals surface area contributed by atoms with Crippen molar-refractivity contribution in [3.05, 3.63) is 108 Å². The standard InChI is InChI=1S/C44H48N10O6/c1-57-27-19-25(20-28(23-27)58-2)53-36(40(56)38(41(53)46)44-51-33-13-6-7-14-34(33)52-44)16-10-18-48-60-30-22-26(21-29(24-30)59-3)54-35(15-8-9-17-45)39(55)37(42(54)47)43-49-31-11-4-5-12-32(31)50-43/h4-7,11-14,19-24,35-36,48H,8-10,15-18,45-47H2,1-3H3,(H,49,50)(H,51,52). The Kier molecular flexibility index (Phi) is 11.3. The van der Waals surface area contributed by atoms with Crippen LogP contribution in [0.5, 0.6) is 23.0 Å². The fraction of sp³-hybridized carbons (Fsp3) is 0.273. The summed E-state index contributed by atoms with van der Waals surface area (Å²) in [5, 5.41) is 0. The fourth-order valence-electron chi connectivity index (χ4n) is 7.96.